The number of aliphatic hydroxyl groups is 1. The second-order valence-electron chi connectivity index (χ2n) is 5.78. The number of H-pyrrole nitrogens is 1. The molecule has 1 aromatic heterocycles. The van der Waals surface area contributed by atoms with Crippen molar-refractivity contribution in [1.29, 1.82) is 0 Å². The number of nitrogens with one attached hydrogen (secondary N) is 2. The second kappa shape index (κ2) is 5.48. The summed E-state index contributed by atoms with van der Waals surface area (Å²) in [5.74, 6) is 0.497. The summed E-state index contributed by atoms with van der Waals surface area (Å²) in [6, 6.07) is 0. The Morgan fingerprint density at radius 1 is 1.44 bits per heavy atom. The van der Waals surface area contributed by atoms with Gasteiger partial charge in [0.1, 0.15) is 5.82 Å². The van der Waals surface area contributed by atoms with E-state index in [0.717, 1.165) is 0 Å². The molecule has 102 valence electrons. The minimum atomic E-state index is -0.560. The molecule has 1 unspecified atom stereocenters. The number of nitrogens with zero attached hydrogens (tertiary/aromatic N) is 2. The summed E-state index contributed by atoms with van der Waals surface area (Å²) >= 11 is 0. The van der Waals surface area contributed by atoms with E-state index in [0.29, 0.717) is 5.82 Å². The number of carbonyl (C=O) groups excluding carboxylic acids is 1. The number of carbonyl (C=O) groups is 1. The fourth-order valence-electron chi connectivity index (χ4n) is 1.21. The molecule has 0 aliphatic heterocycles. The molecule has 3 N–H and O–H groups in total. The van der Waals surface area contributed by atoms with E-state index < -0.39 is 6.10 Å². The van der Waals surface area contributed by atoms with Crippen LogP contribution in [0.1, 0.15) is 51.1 Å². The fourth-order valence-corrected chi connectivity index (χ4v) is 1.21. The van der Waals surface area contributed by atoms with E-state index in [1.54, 1.807) is 0 Å². The van der Waals surface area contributed by atoms with Crippen molar-refractivity contribution >= 4 is 5.91 Å². The van der Waals surface area contributed by atoms with E-state index in [4.69, 9.17) is 0 Å². The molecule has 0 aromatic carbocycles. The quantitative estimate of drug-likeness (QED) is 0.743. The van der Waals surface area contributed by atoms with E-state index >= 15 is 0 Å². The summed E-state index contributed by atoms with van der Waals surface area (Å²) in [7, 11) is 0. The van der Waals surface area contributed by atoms with Gasteiger partial charge < -0.3 is 10.4 Å². The van der Waals surface area contributed by atoms with Crippen molar-refractivity contribution in [1.82, 2.24) is 20.5 Å². The highest BCUT2D eigenvalue weighted by molar-refractivity contribution is 5.90. The van der Waals surface area contributed by atoms with Gasteiger partial charge >= 0.3 is 0 Å². The molecule has 1 amide bonds. The maximum atomic E-state index is 11.7. The highest BCUT2D eigenvalue weighted by atomic mass is 16.3. The molecule has 18 heavy (non-hydrogen) atoms. The smallest absolute Gasteiger partial charge is 0.291 e. The number of aromatic amines is 1. The molecule has 1 rings (SSSR count). The number of hydrogen-bond donors (Lipinski definition) is 3. The largest absolute Gasteiger partial charge is 0.391 e. The normalized spacial score (nSPS) is 13.7. The topological polar surface area (TPSA) is 90.9 Å². The molecule has 1 heterocycles. The molecule has 1 atom stereocenters. The highest BCUT2D eigenvalue weighted by Gasteiger charge is 2.21. The first-order chi connectivity index (χ1) is 8.21. The van der Waals surface area contributed by atoms with Crippen LogP contribution in [0, 0.1) is 5.92 Å². The Hall–Kier alpha value is -1.43. The highest BCUT2D eigenvalue weighted by Crippen LogP contribution is 2.17. The Bertz CT molecular complexity index is 406. The fraction of sp³-hybridized carbons (Fsp3) is 0.750. The zero-order chi connectivity index (χ0) is 13.9. The van der Waals surface area contributed by atoms with Crippen LogP contribution in [0.4, 0.5) is 0 Å². The van der Waals surface area contributed by atoms with Gasteiger partial charge in [0.15, 0.2) is 0 Å². The molecule has 0 aliphatic rings. The van der Waals surface area contributed by atoms with Gasteiger partial charge in [-0.25, -0.2) is 4.98 Å². The van der Waals surface area contributed by atoms with Crippen LogP contribution in [-0.4, -0.2) is 38.8 Å². The minimum absolute atomic E-state index is 0.0996. The maximum Gasteiger partial charge on any atom is 0.291 e. The summed E-state index contributed by atoms with van der Waals surface area (Å²) in [4.78, 5) is 15.9. The Kier molecular flexibility index (Phi) is 4.45. The van der Waals surface area contributed by atoms with Crippen molar-refractivity contribution < 1.29 is 9.90 Å². The van der Waals surface area contributed by atoms with Crippen LogP contribution in [-0.2, 0) is 5.41 Å². The lowest BCUT2D eigenvalue weighted by Gasteiger charge is -2.14. The van der Waals surface area contributed by atoms with Gasteiger partial charge in [0.05, 0.1) is 6.10 Å². The Morgan fingerprint density at radius 2 is 2.06 bits per heavy atom. The lowest BCUT2D eigenvalue weighted by molar-refractivity contribution is 0.0862. The second-order valence-corrected chi connectivity index (χ2v) is 5.78. The molecular formula is C12H22N4O2. The van der Waals surface area contributed by atoms with E-state index in [1.807, 2.05) is 34.6 Å². The average molecular weight is 254 g/mol. The van der Waals surface area contributed by atoms with Crippen LogP contribution in [0.5, 0.6) is 0 Å². The number of rotatable bonds is 4. The van der Waals surface area contributed by atoms with Crippen LogP contribution in [0.25, 0.3) is 0 Å². The van der Waals surface area contributed by atoms with E-state index in [2.05, 4.69) is 20.5 Å². The van der Waals surface area contributed by atoms with Crippen LogP contribution in [0.3, 0.4) is 0 Å². The zero-order valence-corrected chi connectivity index (χ0v) is 11.6. The summed E-state index contributed by atoms with van der Waals surface area (Å²) in [5.41, 5.74) is -0.178. The third kappa shape index (κ3) is 3.80. The number of hydrogen-bond acceptors (Lipinski definition) is 4. The Balaban J connectivity index is 2.60. The molecule has 0 saturated heterocycles. The lowest BCUT2D eigenvalue weighted by atomic mass is 9.96. The predicted molar refractivity (Wildman–Crippen MR) is 68.3 cm³/mol. The van der Waals surface area contributed by atoms with Gasteiger partial charge in [-0.05, 0) is 5.92 Å². The average Bonchev–Trinajstić information content (AvgIpc) is 2.73. The van der Waals surface area contributed by atoms with Gasteiger partial charge in [-0.15, -0.1) is 5.10 Å². The standard InChI is InChI=1S/C12H22N4O2/c1-7(2)8(17)6-13-10(18)9-14-11(16-15-9)12(3,4)5/h7-8,17H,6H2,1-5H3,(H,13,18)(H,14,15,16). The van der Waals surface area contributed by atoms with Gasteiger partial charge in [-0.2, -0.15) is 0 Å². The first-order valence-corrected chi connectivity index (χ1v) is 6.11. The summed E-state index contributed by atoms with van der Waals surface area (Å²) < 4.78 is 0. The lowest BCUT2D eigenvalue weighted by Crippen LogP contribution is -2.35. The van der Waals surface area contributed by atoms with Gasteiger partial charge in [0.25, 0.3) is 5.91 Å². The summed E-state index contributed by atoms with van der Waals surface area (Å²) in [6.45, 7) is 9.94. The summed E-state index contributed by atoms with van der Waals surface area (Å²) in [5, 5.41) is 18.8. The first kappa shape index (κ1) is 14.6. The third-order valence-corrected chi connectivity index (χ3v) is 2.64. The zero-order valence-electron chi connectivity index (χ0n) is 11.6. The number of amides is 1. The maximum absolute atomic E-state index is 11.7. The van der Waals surface area contributed by atoms with Crippen molar-refractivity contribution in [3.05, 3.63) is 11.6 Å². The number of aromatic nitrogens is 3. The predicted octanol–water partition coefficient (Wildman–Crippen LogP) is 0.849. The molecule has 0 aliphatic carbocycles. The molecule has 0 fully saturated rings. The van der Waals surface area contributed by atoms with Crippen molar-refractivity contribution in [2.24, 2.45) is 5.92 Å². The van der Waals surface area contributed by atoms with Crippen molar-refractivity contribution in [2.45, 2.75) is 46.1 Å². The monoisotopic (exact) mass is 254 g/mol. The minimum Gasteiger partial charge on any atom is -0.391 e. The van der Waals surface area contributed by atoms with Crippen LogP contribution < -0.4 is 5.32 Å². The van der Waals surface area contributed by atoms with Crippen LogP contribution >= 0.6 is 0 Å². The molecule has 1 aromatic rings. The van der Waals surface area contributed by atoms with Gasteiger partial charge in [0.2, 0.25) is 5.82 Å². The van der Waals surface area contributed by atoms with Crippen molar-refractivity contribution in [3.8, 4) is 0 Å². The molecule has 0 bridgehead atoms. The molecule has 0 saturated carbocycles. The van der Waals surface area contributed by atoms with E-state index in [9.17, 15) is 9.90 Å². The third-order valence-electron chi connectivity index (χ3n) is 2.64. The van der Waals surface area contributed by atoms with Gasteiger partial charge in [-0.3, -0.25) is 9.89 Å². The van der Waals surface area contributed by atoms with Gasteiger partial charge in [-0.1, -0.05) is 34.6 Å². The Morgan fingerprint density at radius 3 is 2.50 bits per heavy atom. The first-order valence-electron chi connectivity index (χ1n) is 6.11. The van der Waals surface area contributed by atoms with Crippen LogP contribution in [0.2, 0.25) is 0 Å². The molecule has 0 radical (unpaired) electrons. The molecular weight excluding hydrogens is 232 g/mol. The number of aliphatic hydroxyl groups excluding tert-OH is 1. The van der Waals surface area contributed by atoms with Crippen LogP contribution in [0.15, 0.2) is 0 Å². The van der Waals surface area contributed by atoms with Crippen molar-refractivity contribution in [2.75, 3.05) is 6.54 Å². The van der Waals surface area contributed by atoms with E-state index in [1.165, 1.54) is 0 Å². The SMILES string of the molecule is CC(C)C(O)CNC(=O)c1n[nH]c(C(C)(C)C)n1. The molecule has 6 nitrogen and oxygen atoms in total. The van der Waals surface area contributed by atoms with Gasteiger partial charge in [0, 0.05) is 12.0 Å². The molecule has 0 spiro atoms. The summed E-state index contributed by atoms with van der Waals surface area (Å²) in [6.07, 6.45) is -0.560. The Labute approximate surface area is 107 Å². The molecule has 6 heteroatoms. The van der Waals surface area contributed by atoms with Crippen molar-refractivity contribution in [3.63, 3.8) is 0 Å². The van der Waals surface area contributed by atoms with E-state index in [-0.39, 0.29) is 29.6 Å².